The fourth-order valence-electron chi connectivity index (χ4n) is 4.28. The number of halogens is 1. The molecule has 0 amide bonds. The van der Waals surface area contributed by atoms with Crippen molar-refractivity contribution in [1.29, 1.82) is 0 Å². The van der Waals surface area contributed by atoms with Crippen LogP contribution in [0.3, 0.4) is 0 Å². The predicted octanol–water partition coefficient (Wildman–Crippen LogP) is 5.05. The molecular weight excluding hydrogens is 450 g/mol. The van der Waals surface area contributed by atoms with E-state index in [1.54, 1.807) is 16.3 Å². The molecule has 1 saturated carbocycles. The van der Waals surface area contributed by atoms with Crippen molar-refractivity contribution in [2.45, 2.75) is 36.2 Å². The summed E-state index contributed by atoms with van der Waals surface area (Å²) in [5.74, 6) is 0.655. The standard InChI is InChI=1S/C23H20BrNO3S/c1-28-23(27)18-12-29-22-19(14-9-10-14)17(20(24)21(26)25(18)22)11-15-7-4-6-13-5-2-3-8-16(13)15/h2-8,14,18H,9-12H2,1H3/t18-/m0/s1. The van der Waals surface area contributed by atoms with E-state index in [1.807, 2.05) is 6.07 Å². The summed E-state index contributed by atoms with van der Waals surface area (Å²) < 4.78 is 7.18. The molecule has 1 aromatic heterocycles. The third-order valence-corrected chi connectivity index (χ3v) is 7.83. The Bertz CT molecular complexity index is 1190. The molecule has 148 valence electrons. The van der Waals surface area contributed by atoms with Crippen molar-refractivity contribution >= 4 is 44.4 Å². The molecule has 2 aromatic carbocycles. The van der Waals surface area contributed by atoms with Crippen LogP contribution in [0.15, 0.2) is 56.8 Å². The molecular formula is C23H20BrNO3S. The van der Waals surface area contributed by atoms with E-state index in [0.29, 0.717) is 22.6 Å². The Labute approximate surface area is 181 Å². The minimum absolute atomic E-state index is 0.139. The number of nitrogens with zero attached hydrogens (tertiary/aromatic N) is 1. The van der Waals surface area contributed by atoms with Gasteiger partial charge < -0.3 is 4.74 Å². The monoisotopic (exact) mass is 469 g/mol. The number of esters is 1. The zero-order valence-electron chi connectivity index (χ0n) is 16.0. The van der Waals surface area contributed by atoms with E-state index in [-0.39, 0.29) is 11.5 Å². The Hall–Kier alpha value is -2.05. The third kappa shape index (κ3) is 3.13. The van der Waals surface area contributed by atoms with Gasteiger partial charge in [-0.15, -0.1) is 11.8 Å². The first-order valence-electron chi connectivity index (χ1n) is 9.74. The molecule has 0 radical (unpaired) electrons. The van der Waals surface area contributed by atoms with Crippen LogP contribution in [0.5, 0.6) is 0 Å². The molecule has 0 saturated heterocycles. The second kappa shape index (κ2) is 7.33. The minimum atomic E-state index is -0.548. The van der Waals surface area contributed by atoms with Gasteiger partial charge in [0.05, 0.1) is 16.6 Å². The number of aromatic nitrogens is 1. The number of pyridine rings is 1. The number of ether oxygens (including phenoxy) is 1. The van der Waals surface area contributed by atoms with Crippen molar-refractivity contribution in [3.63, 3.8) is 0 Å². The number of carbonyl (C=O) groups excluding carboxylic acids is 1. The summed E-state index contributed by atoms with van der Waals surface area (Å²) in [4.78, 5) is 25.5. The molecule has 2 aliphatic rings. The van der Waals surface area contributed by atoms with Crippen LogP contribution in [0.25, 0.3) is 10.8 Å². The van der Waals surface area contributed by atoms with Crippen molar-refractivity contribution < 1.29 is 9.53 Å². The third-order valence-electron chi connectivity index (χ3n) is 5.84. The topological polar surface area (TPSA) is 48.3 Å². The molecule has 0 spiro atoms. The Morgan fingerprint density at radius 2 is 1.97 bits per heavy atom. The zero-order chi connectivity index (χ0) is 20.1. The smallest absolute Gasteiger partial charge is 0.329 e. The minimum Gasteiger partial charge on any atom is -0.467 e. The molecule has 1 fully saturated rings. The van der Waals surface area contributed by atoms with Gasteiger partial charge in [0.15, 0.2) is 0 Å². The second-order valence-electron chi connectivity index (χ2n) is 7.63. The van der Waals surface area contributed by atoms with Crippen molar-refractivity contribution in [3.05, 3.63) is 74.0 Å². The van der Waals surface area contributed by atoms with Crippen LogP contribution in [-0.2, 0) is 16.0 Å². The van der Waals surface area contributed by atoms with E-state index in [4.69, 9.17) is 4.74 Å². The van der Waals surface area contributed by atoms with Crippen molar-refractivity contribution in [2.24, 2.45) is 0 Å². The Balaban J connectivity index is 1.69. The number of rotatable bonds is 4. The van der Waals surface area contributed by atoms with E-state index in [1.165, 1.54) is 29.0 Å². The first-order chi connectivity index (χ1) is 14.1. The molecule has 5 rings (SSSR count). The average Bonchev–Trinajstić information content (AvgIpc) is 3.49. The largest absolute Gasteiger partial charge is 0.467 e. The van der Waals surface area contributed by atoms with Gasteiger partial charge in [-0.3, -0.25) is 9.36 Å². The Morgan fingerprint density at radius 3 is 2.72 bits per heavy atom. The SMILES string of the molecule is COC(=O)[C@@H]1CSc2c(C3CC3)c(Cc3cccc4ccccc34)c(Br)c(=O)n21. The average molecular weight is 470 g/mol. The highest BCUT2D eigenvalue weighted by Gasteiger charge is 2.39. The van der Waals surface area contributed by atoms with E-state index < -0.39 is 6.04 Å². The molecule has 6 heteroatoms. The van der Waals surface area contributed by atoms with Gasteiger partial charge in [-0.2, -0.15) is 0 Å². The Morgan fingerprint density at radius 1 is 1.21 bits per heavy atom. The summed E-state index contributed by atoms with van der Waals surface area (Å²) in [5, 5.41) is 3.36. The van der Waals surface area contributed by atoms with Gasteiger partial charge in [-0.1, -0.05) is 42.5 Å². The lowest BCUT2D eigenvalue weighted by Crippen LogP contribution is -2.31. The highest BCUT2D eigenvalue weighted by Crippen LogP contribution is 2.50. The maximum Gasteiger partial charge on any atom is 0.329 e. The van der Waals surface area contributed by atoms with Crippen molar-refractivity contribution in [2.75, 3.05) is 12.9 Å². The van der Waals surface area contributed by atoms with E-state index in [9.17, 15) is 9.59 Å². The van der Waals surface area contributed by atoms with Crippen LogP contribution in [0, 0.1) is 0 Å². The molecule has 0 unspecified atom stereocenters. The van der Waals surface area contributed by atoms with Crippen molar-refractivity contribution in [1.82, 2.24) is 4.57 Å². The van der Waals surface area contributed by atoms with Crippen LogP contribution in [0.2, 0.25) is 0 Å². The summed E-state index contributed by atoms with van der Waals surface area (Å²) >= 11 is 5.21. The van der Waals surface area contributed by atoms with Gasteiger partial charge in [0.2, 0.25) is 0 Å². The summed E-state index contributed by atoms with van der Waals surface area (Å²) in [6, 6.07) is 14.1. The molecule has 1 aliphatic heterocycles. The maximum absolute atomic E-state index is 13.3. The maximum atomic E-state index is 13.3. The fraction of sp³-hybridized carbons (Fsp3) is 0.304. The van der Waals surface area contributed by atoms with Crippen LogP contribution in [-0.4, -0.2) is 23.4 Å². The molecule has 0 N–H and O–H groups in total. The Kier molecular flexibility index (Phi) is 4.79. The van der Waals surface area contributed by atoms with Crippen LogP contribution in [0.1, 0.15) is 41.5 Å². The fourth-order valence-corrected chi connectivity index (χ4v) is 6.22. The highest BCUT2D eigenvalue weighted by molar-refractivity contribution is 9.10. The normalized spacial score (nSPS) is 18.1. The van der Waals surface area contributed by atoms with Gasteiger partial charge in [-0.05, 0) is 68.6 Å². The molecule has 29 heavy (non-hydrogen) atoms. The molecule has 1 atom stereocenters. The summed E-state index contributed by atoms with van der Waals surface area (Å²) in [6.45, 7) is 0. The number of hydrogen-bond donors (Lipinski definition) is 0. The second-order valence-corrected chi connectivity index (χ2v) is 9.43. The number of benzene rings is 2. The van der Waals surface area contributed by atoms with Crippen LogP contribution >= 0.6 is 27.7 Å². The first-order valence-corrected chi connectivity index (χ1v) is 11.5. The first kappa shape index (κ1) is 18.9. The number of carbonyl (C=O) groups is 1. The molecule has 1 aliphatic carbocycles. The number of thioether (sulfide) groups is 1. The van der Waals surface area contributed by atoms with Crippen molar-refractivity contribution in [3.8, 4) is 0 Å². The van der Waals surface area contributed by atoms with E-state index >= 15 is 0 Å². The quantitative estimate of drug-likeness (QED) is 0.501. The van der Waals surface area contributed by atoms with E-state index in [0.717, 1.165) is 23.4 Å². The van der Waals surface area contributed by atoms with E-state index in [2.05, 4.69) is 52.3 Å². The lowest BCUT2D eigenvalue weighted by atomic mass is 9.95. The predicted molar refractivity (Wildman–Crippen MR) is 119 cm³/mol. The summed E-state index contributed by atoms with van der Waals surface area (Å²) in [6.07, 6.45) is 2.95. The van der Waals surface area contributed by atoms with Gasteiger partial charge in [0.25, 0.3) is 5.56 Å². The van der Waals surface area contributed by atoms with Crippen LogP contribution in [0.4, 0.5) is 0 Å². The van der Waals surface area contributed by atoms with Gasteiger partial charge >= 0.3 is 5.97 Å². The molecule has 4 nitrogen and oxygen atoms in total. The summed E-state index contributed by atoms with van der Waals surface area (Å²) in [5.41, 5.74) is 3.38. The highest BCUT2D eigenvalue weighted by atomic mass is 79.9. The molecule has 0 bridgehead atoms. The van der Waals surface area contributed by atoms with Gasteiger partial charge in [0.1, 0.15) is 6.04 Å². The number of hydrogen-bond acceptors (Lipinski definition) is 4. The van der Waals surface area contributed by atoms with Crippen LogP contribution < -0.4 is 5.56 Å². The lowest BCUT2D eigenvalue weighted by Gasteiger charge is -2.19. The number of methoxy groups -OCH3 is 1. The molecule has 2 heterocycles. The number of fused-ring (bicyclic) bond motifs is 2. The molecule has 3 aromatic rings. The zero-order valence-corrected chi connectivity index (χ0v) is 18.4. The van der Waals surface area contributed by atoms with Gasteiger partial charge in [0, 0.05) is 5.75 Å². The summed E-state index contributed by atoms with van der Waals surface area (Å²) in [7, 11) is 1.38. The lowest BCUT2D eigenvalue weighted by molar-refractivity contribution is -0.143. The van der Waals surface area contributed by atoms with Gasteiger partial charge in [-0.25, -0.2) is 4.79 Å².